The van der Waals surface area contributed by atoms with Gasteiger partial charge in [-0.15, -0.1) is 0 Å². The second-order valence-electron chi connectivity index (χ2n) is 7.61. The van der Waals surface area contributed by atoms with Crippen molar-refractivity contribution in [1.82, 2.24) is 14.2 Å². The van der Waals surface area contributed by atoms with E-state index in [0.29, 0.717) is 18.8 Å². The van der Waals surface area contributed by atoms with Crippen LogP contribution in [0.1, 0.15) is 12.5 Å². The smallest absolute Gasteiger partial charge is 0.248 e. The Morgan fingerprint density at radius 3 is 2.47 bits per heavy atom. The van der Waals surface area contributed by atoms with Gasteiger partial charge >= 0.3 is 0 Å². The Balaban J connectivity index is 1.41. The van der Waals surface area contributed by atoms with Crippen molar-refractivity contribution in [1.29, 1.82) is 0 Å². The number of anilines is 1. The molecule has 0 saturated carbocycles. The van der Waals surface area contributed by atoms with Gasteiger partial charge in [0, 0.05) is 55.1 Å². The third kappa shape index (κ3) is 4.88. The van der Waals surface area contributed by atoms with E-state index in [9.17, 15) is 13.2 Å². The summed E-state index contributed by atoms with van der Waals surface area (Å²) in [6, 6.07) is 15.9. The van der Waals surface area contributed by atoms with Crippen LogP contribution in [0.25, 0.3) is 17.0 Å². The van der Waals surface area contributed by atoms with E-state index in [0.717, 1.165) is 36.1 Å². The number of nitrogens with zero attached hydrogens (tertiary/aromatic N) is 3. The van der Waals surface area contributed by atoms with Crippen molar-refractivity contribution in [3.8, 4) is 0 Å². The van der Waals surface area contributed by atoms with Gasteiger partial charge in [-0.1, -0.05) is 31.2 Å². The number of fused-ring (bicyclic) bond motifs is 1. The van der Waals surface area contributed by atoms with E-state index < -0.39 is 10.0 Å². The third-order valence-electron chi connectivity index (χ3n) is 5.62. The third-order valence-corrected chi connectivity index (χ3v) is 7.53. The Bertz CT molecular complexity index is 1230. The van der Waals surface area contributed by atoms with Crippen LogP contribution in [0.15, 0.2) is 71.8 Å². The van der Waals surface area contributed by atoms with Crippen molar-refractivity contribution in [3.63, 3.8) is 0 Å². The molecule has 0 spiro atoms. The van der Waals surface area contributed by atoms with Gasteiger partial charge in [0.05, 0.1) is 10.4 Å². The van der Waals surface area contributed by atoms with E-state index in [1.54, 1.807) is 24.4 Å². The van der Waals surface area contributed by atoms with Gasteiger partial charge in [-0.05, 0) is 43.0 Å². The maximum absolute atomic E-state index is 12.9. The number of nitrogens with one attached hydrogen (secondary N) is 1. The molecule has 166 valence electrons. The highest BCUT2D eigenvalue weighted by Crippen LogP contribution is 2.20. The summed E-state index contributed by atoms with van der Waals surface area (Å²) < 4.78 is 27.3. The molecule has 0 aliphatic carbocycles. The molecule has 1 aliphatic heterocycles. The number of piperazine rings is 1. The predicted octanol–water partition coefficient (Wildman–Crippen LogP) is 3.21. The van der Waals surface area contributed by atoms with Crippen LogP contribution in [0, 0.1) is 0 Å². The molecule has 32 heavy (non-hydrogen) atoms. The first-order chi connectivity index (χ1) is 15.5. The minimum atomic E-state index is -3.53. The molecule has 0 unspecified atom stereocenters. The predicted molar refractivity (Wildman–Crippen MR) is 127 cm³/mol. The minimum absolute atomic E-state index is 0.234. The summed E-state index contributed by atoms with van der Waals surface area (Å²) in [6.07, 6.45) is 4.89. The molecule has 3 aromatic rings. The molecule has 1 saturated heterocycles. The zero-order chi connectivity index (χ0) is 22.6. The number of likely N-dealkylation sites (N-methyl/N-ethyl adjacent to an activating group) is 1. The number of amides is 1. The van der Waals surface area contributed by atoms with E-state index in [-0.39, 0.29) is 10.8 Å². The number of carbonyl (C=O) groups is 1. The molecule has 0 atom stereocenters. The fourth-order valence-corrected chi connectivity index (χ4v) is 5.18. The fraction of sp³-hybridized carbons (Fsp3) is 0.250. The number of pyridine rings is 1. The lowest BCUT2D eigenvalue weighted by Gasteiger charge is -2.33. The number of para-hydroxylation sites is 1. The summed E-state index contributed by atoms with van der Waals surface area (Å²) in [5.41, 5.74) is 2.21. The molecular formula is C24H26N4O3S. The number of benzene rings is 2. The highest BCUT2D eigenvalue weighted by Gasteiger charge is 2.27. The quantitative estimate of drug-likeness (QED) is 0.583. The van der Waals surface area contributed by atoms with Gasteiger partial charge in [0.1, 0.15) is 0 Å². The molecule has 7 nitrogen and oxygen atoms in total. The molecule has 1 amide bonds. The first kappa shape index (κ1) is 22.1. The number of aromatic nitrogens is 1. The summed E-state index contributed by atoms with van der Waals surface area (Å²) in [4.78, 5) is 19.2. The second kappa shape index (κ2) is 9.60. The maximum atomic E-state index is 12.9. The van der Waals surface area contributed by atoms with Gasteiger partial charge in [0.25, 0.3) is 0 Å². The van der Waals surface area contributed by atoms with E-state index in [1.165, 1.54) is 22.5 Å². The molecule has 0 bridgehead atoms. The summed E-state index contributed by atoms with van der Waals surface area (Å²) in [7, 11) is -3.53. The summed E-state index contributed by atoms with van der Waals surface area (Å²) in [6.45, 7) is 5.45. The van der Waals surface area contributed by atoms with Crippen LogP contribution in [-0.2, 0) is 14.8 Å². The molecule has 2 heterocycles. The van der Waals surface area contributed by atoms with Gasteiger partial charge in [0.15, 0.2) is 0 Å². The van der Waals surface area contributed by atoms with Gasteiger partial charge in [-0.25, -0.2) is 8.42 Å². The van der Waals surface area contributed by atoms with Crippen LogP contribution in [-0.4, -0.2) is 61.2 Å². The van der Waals surface area contributed by atoms with Crippen molar-refractivity contribution < 1.29 is 13.2 Å². The van der Waals surface area contributed by atoms with Gasteiger partial charge < -0.3 is 10.2 Å². The molecule has 1 aliphatic rings. The normalized spacial score (nSPS) is 15.9. The standard InChI is InChI=1S/C24H26N4O3S/c1-2-27-15-17-28(18-16-27)32(30,31)22-11-9-21(10-12-22)26-23(29)13-8-20-6-3-5-19-7-4-14-25-24(19)20/h3-14H,2,15-18H2,1H3,(H,26,29)/b13-8+. The zero-order valence-electron chi connectivity index (χ0n) is 17.9. The average Bonchev–Trinajstić information content (AvgIpc) is 2.83. The second-order valence-corrected chi connectivity index (χ2v) is 9.55. The van der Waals surface area contributed by atoms with Gasteiger partial charge in [-0.3, -0.25) is 9.78 Å². The van der Waals surface area contributed by atoms with E-state index >= 15 is 0 Å². The molecule has 1 aromatic heterocycles. The fourth-order valence-electron chi connectivity index (χ4n) is 3.76. The number of rotatable bonds is 6. The monoisotopic (exact) mass is 450 g/mol. The molecule has 2 aromatic carbocycles. The zero-order valence-corrected chi connectivity index (χ0v) is 18.8. The van der Waals surface area contributed by atoms with Crippen molar-refractivity contribution in [2.24, 2.45) is 0 Å². The lowest BCUT2D eigenvalue weighted by atomic mass is 10.1. The molecule has 8 heteroatoms. The lowest BCUT2D eigenvalue weighted by Crippen LogP contribution is -2.48. The minimum Gasteiger partial charge on any atom is -0.323 e. The molecule has 1 N–H and O–H groups in total. The molecular weight excluding hydrogens is 424 g/mol. The van der Waals surface area contributed by atoms with E-state index in [2.05, 4.69) is 22.1 Å². The van der Waals surface area contributed by atoms with Crippen LogP contribution in [0.5, 0.6) is 0 Å². The lowest BCUT2D eigenvalue weighted by molar-refractivity contribution is -0.111. The first-order valence-electron chi connectivity index (χ1n) is 10.6. The number of hydrogen-bond acceptors (Lipinski definition) is 5. The number of hydrogen-bond donors (Lipinski definition) is 1. The first-order valence-corrected chi connectivity index (χ1v) is 12.1. The Morgan fingerprint density at radius 2 is 1.75 bits per heavy atom. The highest BCUT2D eigenvalue weighted by molar-refractivity contribution is 7.89. The maximum Gasteiger partial charge on any atom is 0.248 e. The number of carbonyl (C=O) groups excluding carboxylic acids is 1. The van der Waals surface area contributed by atoms with Crippen molar-refractivity contribution in [2.75, 3.05) is 38.0 Å². The largest absolute Gasteiger partial charge is 0.323 e. The van der Waals surface area contributed by atoms with E-state index in [1.807, 2.05) is 30.3 Å². The Labute approximate surface area is 188 Å². The molecule has 0 radical (unpaired) electrons. The topological polar surface area (TPSA) is 82.6 Å². The van der Waals surface area contributed by atoms with Crippen molar-refractivity contribution in [3.05, 3.63) is 72.4 Å². The Kier molecular flexibility index (Phi) is 6.64. The van der Waals surface area contributed by atoms with Crippen LogP contribution in [0.2, 0.25) is 0 Å². The van der Waals surface area contributed by atoms with Crippen molar-refractivity contribution in [2.45, 2.75) is 11.8 Å². The Morgan fingerprint density at radius 1 is 1.03 bits per heavy atom. The molecule has 4 rings (SSSR count). The van der Waals surface area contributed by atoms with Crippen molar-refractivity contribution >= 4 is 38.6 Å². The average molecular weight is 451 g/mol. The summed E-state index contributed by atoms with van der Waals surface area (Å²) >= 11 is 0. The number of sulfonamides is 1. The highest BCUT2D eigenvalue weighted by atomic mass is 32.2. The van der Waals surface area contributed by atoms with Crippen LogP contribution in [0.4, 0.5) is 5.69 Å². The van der Waals surface area contributed by atoms with Crippen LogP contribution in [0.3, 0.4) is 0 Å². The van der Waals surface area contributed by atoms with Crippen LogP contribution >= 0.6 is 0 Å². The van der Waals surface area contributed by atoms with E-state index in [4.69, 9.17) is 0 Å². The summed E-state index contributed by atoms with van der Waals surface area (Å²) in [5, 5.41) is 3.77. The SMILES string of the molecule is CCN1CCN(S(=O)(=O)c2ccc(NC(=O)/C=C/c3cccc4cccnc34)cc2)CC1. The van der Waals surface area contributed by atoms with Gasteiger partial charge in [0.2, 0.25) is 15.9 Å². The molecule has 1 fully saturated rings. The summed E-state index contributed by atoms with van der Waals surface area (Å²) in [5.74, 6) is -0.302. The van der Waals surface area contributed by atoms with Gasteiger partial charge in [-0.2, -0.15) is 4.31 Å². The van der Waals surface area contributed by atoms with Crippen LogP contribution < -0.4 is 5.32 Å². The Hall–Kier alpha value is -3.07.